The molecular formula is C25H34N2O6S. The zero-order chi connectivity index (χ0) is 24.6. The van der Waals surface area contributed by atoms with Crippen LogP contribution in [0, 0.1) is 0 Å². The van der Waals surface area contributed by atoms with Gasteiger partial charge in [-0.1, -0.05) is 18.6 Å². The SMILES string of the molecule is C/C=C1\C[C@H]2C(C(C)OC)N(C(=O)O[C@@H]3CCS[C@H](C)C3)c3cc(O)c(OC)cc3C(=O)N2C1. The fourth-order valence-corrected chi connectivity index (χ4v) is 6.39. The van der Waals surface area contributed by atoms with Crippen molar-refractivity contribution in [2.24, 2.45) is 0 Å². The molecule has 0 aliphatic carbocycles. The lowest BCUT2D eigenvalue weighted by Gasteiger charge is -2.39. The number of carbonyl (C=O) groups is 2. The normalized spacial score (nSPS) is 28.9. The predicted octanol–water partition coefficient (Wildman–Crippen LogP) is 4.21. The molecule has 8 nitrogen and oxygen atoms in total. The number of nitrogens with zero attached hydrogens (tertiary/aromatic N) is 2. The second-order valence-corrected chi connectivity index (χ2v) is 10.8. The number of thioether (sulfide) groups is 1. The van der Waals surface area contributed by atoms with Gasteiger partial charge < -0.3 is 24.2 Å². The summed E-state index contributed by atoms with van der Waals surface area (Å²) in [6.07, 6.45) is 3.13. The fourth-order valence-electron chi connectivity index (χ4n) is 5.24. The maximum atomic E-state index is 13.8. The number of hydrogen-bond donors (Lipinski definition) is 1. The minimum absolute atomic E-state index is 0.144. The molecule has 0 aromatic heterocycles. The van der Waals surface area contributed by atoms with Gasteiger partial charge in [-0.25, -0.2) is 4.79 Å². The van der Waals surface area contributed by atoms with Gasteiger partial charge in [-0.05, 0) is 44.9 Å². The molecule has 9 heteroatoms. The molecule has 2 saturated heterocycles. The van der Waals surface area contributed by atoms with Crippen molar-refractivity contribution >= 4 is 29.4 Å². The van der Waals surface area contributed by atoms with E-state index in [-0.39, 0.29) is 35.7 Å². The highest BCUT2D eigenvalue weighted by Gasteiger charge is 2.49. The van der Waals surface area contributed by atoms with Crippen molar-refractivity contribution in [3.63, 3.8) is 0 Å². The van der Waals surface area contributed by atoms with Crippen molar-refractivity contribution in [2.75, 3.05) is 31.4 Å². The first-order chi connectivity index (χ1) is 16.3. The molecule has 3 heterocycles. The Morgan fingerprint density at radius 2 is 2.09 bits per heavy atom. The minimum atomic E-state index is -0.521. The molecule has 3 aliphatic rings. The summed E-state index contributed by atoms with van der Waals surface area (Å²) in [7, 11) is 3.03. The Morgan fingerprint density at radius 3 is 2.74 bits per heavy atom. The number of aromatic hydroxyl groups is 1. The number of fused-ring (bicyclic) bond motifs is 2. The molecule has 34 heavy (non-hydrogen) atoms. The summed E-state index contributed by atoms with van der Waals surface area (Å²) in [4.78, 5) is 30.9. The van der Waals surface area contributed by atoms with Crippen LogP contribution in [0.25, 0.3) is 0 Å². The summed E-state index contributed by atoms with van der Waals surface area (Å²) in [6.45, 7) is 6.48. The third-order valence-electron chi connectivity index (χ3n) is 7.15. The number of phenols is 1. The van der Waals surface area contributed by atoms with Crippen LogP contribution in [0.3, 0.4) is 0 Å². The van der Waals surface area contributed by atoms with Crippen LogP contribution in [0.15, 0.2) is 23.8 Å². The van der Waals surface area contributed by atoms with Crippen molar-refractivity contribution in [2.45, 2.75) is 69.6 Å². The van der Waals surface area contributed by atoms with Crippen LogP contribution < -0.4 is 9.64 Å². The lowest BCUT2D eigenvalue weighted by molar-refractivity contribution is 0.0451. The molecule has 0 saturated carbocycles. The van der Waals surface area contributed by atoms with E-state index < -0.39 is 12.1 Å². The second kappa shape index (κ2) is 10.1. The summed E-state index contributed by atoms with van der Waals surface area (Å²) in [5, 5.41) is 11.0. The standard InChI is InChI=1S/C25H34N2O6S/c1-6-16-10-20-23(15(3)31-4)27(25(30)33-17-7-8-34-14(2)9-17)19-12-21(28)22(32-5)11-18(19)24(29)26(20)13-16/h6,11-12,14-15,17,20,23,28H,7-10,13H2,1-5H3/b16-6+/t14-,15?,17-,20+,23?/m1/s1. The third kappa shape index (κ3) is 4.47. The van der Waals surface area contributed by atoms with Gasteiger partial charge in [0.25, 0.3) is 5.91 Å². The summed E-state index contributed by atoms with van der Waals surface area (Å²) in [5.41, 5.74) is 1.75. The number of hydrogen-bond acceptors (Lipinski definition) is 7. The number of benzene rings is 1. The molecule has 5 atom stereocenters. The number of amides is 2. The van der Waals surface area contributed by atoms with Gasteiger partial charge in [0.1, 0.15) is 6.10 Å². The molecule has 1 aromatic carbocycles. The monoisotopic (exact) mass is 490 g/mol. The van der Waals surface area contributed by atoms with Gasteiger partial charge in [0, 0.05) is 25.0 Å². The van der Waals surface area contributed by atoms with Gasteiger partial charge in [-0.15, -0.1) is 0 Å². The summed E-state index contributed by atoms with van der Waals surface area (Å²) in [5.74, 6) is 0.764. The van der Waals surface area contributed by atoms with E-state index >= 15 is 0 Å². The topological polar surface area (TPSA) is 88.5 Å². The molecule has 3 aliphatic heterocycles. The van der Waals surface area contributed by atoms with E-state index in [2.05, 4.69) is 6.92 Å². The van der Waals surface area contributed by atoms with E-state index in [0.717, 1.165) is 24.2 Å². The number of methoxy groups -OCH3 is 2. The highest BCUT2D eigenvalue weighted by Crippen LogP contribution is 2.43. The number of phenolic OH excluding ortho intramolecular Hbond substituents is 1. The first-order valence-corrected chi connectivity index (χ1v) is 12.8. The van der Waals surface area contributed by atoms with Crippen LogP contribution in [0.4, 0.5) is 10.5 Å². The average Bonchev–Trinajstić information content (AvgIpc) is 3.21. The summed E-state index contributed by atoms with van der Waals surface area (Å²) < 4.78 is 17.1. The number of rotatable bonds is 4. The van der Waals surface area contributed by atoms with Crippen LogP contribution in [-0.4, -0.2) is 78.1 Å². The highest BCUT2D eigenvalue weighted by atomic mass is 32.2. The first-order valence-electron chi connectivity index (χ1n) is 11.8. The lowest BCUT2D eigenvalue weighted by atomic mass is 9.97. The summed E-state index contributed by atoms with van der Waals surface area (Å²) >= 11 is 1.88. The van der Waals surface area contributed by atoms with E-state index in [4.69, 9.17) is 14.2 Å². The van der Waals surface area contributed by atoms with Gasteiger partial charge in [-0.2, -0.15) is 11.8 Å². The van der Waals surface area contributed by atoms with Crippen molar-refractivity contribution in [3.8, 4) is 11.5 Å². The van der Waals surface area contributed by atoms with Gasteiger partial charge in [-0.3, -0.25) is 9.69 Å². The van der Waals surface area contributed by atoms with Crippen molar-refractivity contribution in [1.29, 1.82) is 0 Å². The Bertz CT molecular complexity index is 982. The van der Waals surface area contributed by atoms with Crippen molar-refractivity contribution < 1.29 is 28.9 Å². The first kappa shape index (κ1) is 24.7. The summed E-state index contributed by atoms with van der Waals surface area (Å²) in [6, 6.07) is 2.16. The molecular weight excluding hydrogens is 456 g/mol. The molecule has 2 unspecified atom stereocenters. The molecule has 4 rings (SSSR count). The van der Waals surface area contributed by atoms with E-state index in [9.17, 15) is 14.7 Å². The largest absolute Gasteiger partial charge is 0.504 e. The highest BCUT2D eigenvalue weighted by molar-refractivity contribution is 7.99. The molecule has 0 spiro atoms. The number of anilines is 1. The zero-order valence-corrected chi connectivity index (χ0v) is 21.3. The van der Waals surface area contributed by atoms with Gasteiger partial charge in [0.05, 0.1) is 36.5 Å². The molecule has 2 fully saturated rings. The number of allylic oxidation sites excluding steroid dienone is 1. The molecule has 0 bridgehead atoms. The Morgan fingerprint density at radius 1 is 1.32 bits per heavy atom. The Balaban J connectivity index is 1.84. The molecule has 186 valence electrons. The number of carbonyl (C=O) groups excluding carboxylic acids is 2. The van der Waals surface area contributed by atoms with E-state index in [1.807, 2.05) is 31.7 Å². The lowest BCUT2D eigenvalue weighted by Crippen LogP contribution is -2.56. The van der Waals surface area contributed by atoms with Crippen LogP contribution >= 0.6 is 11.8 Å². The second-order valence-electron chi connectivity index (χ2n) is 9.21. The Labute approximate surface area is 205 Å². The minimum Gasteiger partial charge on any atom is -0.504 e. The fraction of sp³-hybridized carbons (Fsp3) is 0.600. The number of ether oxygens (including phenoxy) is 3. The van der Waals surface area contributed by atoms with E-state index in [1.165, 1.54) is 24.1 Å². The van der Waals surface area contributed by atoms with Crippen LogP contribution in [0.1, 0.15) is 50.4 Å². The average molecular weight is 491 g/mol. The zero-order valence-electron chi connectivity index (χ0n) is 20.4. The molecule has 0 radical (unpaired) electrons. The quantitative estimate of drug-likeness (QED) is 0.633. The predicted molar refractivity (Wildman–Crippen MR) is 132 cm³/mol. The smallest absolute Gasteiger partial charge is 0.415 e. The van der Waals surface area contributed by atoms with Crippen LogP contribution in [0.5, 0.6) is 11.5 Å². The Kier molecular flexibility index (Phi) is 7.33. The van der Waals surface area contributed by atoms with E-state index in [0.29, 0.717) is 29.5 Å². The molecule has 1 N–H and O–H groups in total. The van der Waals surface area contributed by atoms with Gasteiger partial charge in [0.2, 0.25) is 0 Å². The van der Waals surface area contributed by atoms with E-state index in [1.54, 1.807) is 12.0 Å². The van der Waals surface area contributed by atoms with Crippen molar-refractivity contribution in [3.05, 3.63) is 29.3 Å². The maximum Gasteiger partial charge on any atom is 0.415 e. The maximum absolute atomic E-state index is 13.8. The third-order valence-corrected chi connectivity index (χ3v) is 8.38. The molecule has 1 aromatic rings. The molecule has 2 amide bonds. The Hall–Kier alpha value is -2.39. The van der Waals surface area contributed by atoms with Crippen LogP contribution in [-0.2, 0) is 9.47 Å². The van der Waals surface area contributed by atoms with Gasteiger partial charge in [0.15, 0.2) is 11.5 Å². The van der Waals surface area contributed by atoms with Crippen LogP contribution in [0.2, 0.25) is 0 Å². The van der Waals surface area contributed by atoms with Crippen molar-refractivity contribution in [1.82, 2.24) is 4.90 Å². The van der Waals surface area contributed by atoms with Gasteiger partial charge >= 0.3 is 6.09 Å².